The highest BCUT2D eigenvalue weighted by Crippen LogP contribution is 2.28. The monoisotopic (exact) mass is 479 g/mol. The van der Waals surface area contributed by atoms with Gasteiger partial charge in [-0.3, -0.25) is 9.59 Å². The van der Waals surface area contributed by atoms with Crippen LogP contribution in [0.25, 0.3) is 0 Å². The topological polar surface area (TPSA) is 89.4 Å². The second-order valence-corrected chi connectivity index (χ2v) is 9.28. The number of aryl methyl sites for hydroxylation is 1. The minimum Gasteiger partial charge on any atom is -0.365 e. The maximum atomic E-state index is 13.2. The van der Waals surface area contributed by atoms with Gasteiger partial charge in [0.15, 0.2) is 5.69 Å². The number of likely N-dealkylation sites (tertiary alicyclic amines) is 1. The number of hydrogen-bond acceptors (Lipinski definition) is 5. The van der Waals surface area contributed by atoms with E-state index in [9.17, 15) is 9.59 Å². The van der Waals surface area contributed by atoms with Crippen molar-refractivity contribution in [3.05, 3.63) is 76.1 Å². The van der Waals surface area contributed by atoms with E-state index in [4.69, 9.17) is 16.3 Å². The molecule has 1 atom stereocenters. The predicted octanol–water partition coefficient (Wildman–Crippen LogP) is 4.00. The van der Waals surface area contributed by atoms with Crippen molar-refractivity contribution < 1.29 is 14.3 Å². The minimum absolute atomic E-state index is 0.0361. The van der Waals surface area contributed by atoms with Crippen LogP contribution in [0.1, 0.15) is 46.3 Å². The van der Waals surface area contributed by atoms with Crippen LogP contribution in [-0.4, -0.2) is 44.8 Å². The highest BCUT2D eigenvalue weighted by Gasteiger charge is 2.33. The number of anilines is 1. The van der Waals surface area contributed by atoms with Crippen molar-refractivity contribution in [3.8, 4) is 0 Å². The third-order valence-electron chi connectivity index (χ3n) is 6.51. The SMILES string of the molecule is Cc1ccc([C@@H]2Cn3nnc(C(=O)N4CCC(C(=O)Nc5ccc(Cl)cc5)CC4)c3CO2)cc1. The lowest BCUT2D eigenvalue weighted by atomic mass is 9.95. The van der Waals surface area contributed by atoms with E-state index in [1.165, 1.54) is 5.56 Å². The van der Waals surface area contributed by atoms with Gasteiger partial charge in [-0.25, -0.2) is 4.68 Å². The van der Waals surface area contributed by atoms with Gasteiger partial charge in [0.05, 0.1) is 18.8 Å². The quantitative estimate of drug-likeness (QED) is 0.610. The van der Waals surface area contributed by atoms with Crippen molar-refractivity contribution >= 4 is 29.1 Å². The zero-order valence-corrected chi connectivity index (χ0v) is 19.7. The Morgan fingerprint density at radius 2 is 1.76 bits per heavy atom. The number of carbonyl (C=O) groups is 2. The first kappa shape index (κ1) is 22.6. The zero-order valence-electron chi connectivity index (χ0n) is 18.9. The molecule has 0 aliphatic carbocycles. The fraction of sp³-hybridized carbons (Fsp3) is 0.360. The molecule has 3 aromatic rings. The van der Waals surface area contributed by atoms with Crippen LogP contribution in [0, 0.1) is 12.8 Å². The minimum atomic E-state index is -0.157. The van der Waals surface area contributed by atoms with Gasteiger partial charge in [0.2, 0.25) is 5.91 Å². The Kier molecular flexibility index (Phi) is 6.34. The van der Waals surface area contributed by atoms with Crippen molar-refractivity contribution in [2.75, 3.05) is 18.4 Å². The number of rotatable bonds is 4. The first-order valence-corrected chi connectivity index (χ1v) is 11.8. The van der Waals surface area contributed by atoms with Gasteiger partial charge in [0.25, 0.3) is 5.91 Å². The molecule has 0 saturated carbocycles. The molecule has 1 aromatic heterocycles. The number of amides is 2. The molecule has 1 fully saturated rings. The number of aromatic nitrogens is 3. The summed E-state index contributed by atoms with van der Waals surface area (Å²) in [5.41, 5.74) is 4.04. The number of fused-ring (bicyclic) bond motifs is 1. The van der Waals surface area contributed by atoms with Gasteiger partial charge in [-0.1, -0.05) is 46.6 Å². The van der Waals surface area contributed by atoms with E-state index in [2.05, 4.69) is 39.9 Å². The number of benzene rings is 2. The molecule has 1 saturated heterocycles. The molecule has 0 unspecified atom stereocenters. The maximum Gasteiger partial charge on any atom is 0.276 e. The lowest BCUT2D eigenvalue weighted by Gasteiger charge is -2.31. The first-order chi connectivity index (χ1) is 16.5. The number of nitrogens with zero attached hydrogens (tertiary/aromatic N) is 4. The Balaban J connectivity index is 1.18. The number of carbonyl (C=O) groups excluding carboxylic acids is 2. The first-order valence-electron chi connectivity index (χ1n) is 11.4. The van der Waals surface area contributed by atoms with Crippen molar-refractivity contribution in [3.63, 3.8) is 0 Å². The van der Waals surface area contributed by atoms with Crippen LogP contribution >= 0.6 is 11.6 Å². The van der Waals surface area contributed by atoms with Crippen LogP contribution in [-0.2, 0) is 22.7 Å². The van der Waals surface area contributed by atoms with Gasteiger partial charge in [-0.2, -0.15) is 0 Å². The van der Waals surface area contributed by atoms with E-state index < -0.39 is 0 Å². The van der Waals surface area contributed by atoms with Gasteiger partial charge in [-0.05, 0) is 49.6 Å². The molecule has 1 N–H and O–H groups in total. The Bertz CT molecular complexity index is 1180. The molecule has 2 aromatic carbocycles. The van der Waals surface area contributed by atoms with Crippen LogP contribution in [0.4, 0.5) is 5.69 Å². The average molecular weight is 480 g/mol. The molecule has 8 nitrogen and oxygen atoms in total. The van der Waals surface area contributed by atoms with Crippen LogP contribution < -0.4 is 5.32 Å². The smallest absolute Gasteiger partial charge is 0.276 e. The molecule has 3 heterocycles. The average Bonchev–Trinajstić information content (AvgIpc) is 3.29. The van der Waals surface area contributed by atoms with Crippen LogP contribution in [0.3, 0.4) is 0 Å². The number of ether oxygens (including phenoxy) is 1. The molecule has 2 aliphatic heterocycles. The number of nitrogens with one attached hydrogen (secondary N) is 1. The molecule has 0 radical (unpaired) electrons. The second-order valence-electron chi connectivity index (χ2n) is 8.84. The summed E-state index contributed by atoms with van der Waals surface area (Å²) in [6.07, 6.45) is 1.08. The maximum absolute atomic E-state index is 13.2. The molecule has 176 valence electrons. The molecular formula is C25H26ClN5O3. The lowest BCUT2D eigenvalue weighted by Crippen LogP contribution is -2.42. The highest BCUT2D eigenvalue weighted by atomic mass is 35.5. The summed E-state index contributed by atoms with van der Waals surface area (Å²) in [6, 6.07) is 15.3. The summed E-state index contributed by atoms with van der Waals surface area (Å²) in [4.78, 5) is 27.5. The Labute approximate surface area is 202 Å². The molecule has 0 bridgehead atoms. The summed E-state index contributed by atoms with van der Waals surface area (Å²) >= 11 is 5.90. The van der Waals surface area contributed by atoms with E-state index in [1.807, 2.05) is 6.92 Å². The molecule has 2 aliphatic rings. The molecular weight excluding hydrogens is 454 g/mol. The standard InChI is InChI=1S/C25H26ClN5O3/c1-16-2-4-17(5-3-16)22-14-31-21(15-34-22)23(28-29-31)25(33)30-12-10-18(11-13-30)24(32)27-20-8-6-19(26)7-9-20/h2-9,18,22H,10-15H2,1H3,(H,27,32)/t22-/m0/s1. The van der Waals surface area contributed by atoms with E-state index in [1.54, 1.807) is 33.8 Å². The van der Waals surface area contributed by atoms with Crippen LogP contribution in [0.5, 0.6) is 0 Å². The summed E-state index contributed by atoms with van der Waals surface area (Å²) in [5, 5.41) is 12.0. The molecule has 5 rings (SSSR count). The van der Waals surface area contributed by atoms with E-state index in [-0.39, 0.29) is 30.4 Å². The van der Waals surface area contributed by atoms with Crippen molar-refractivity contribution in [2.24, 2.45) is 5.92 Å². The Morgan fingerprint density at radius 3 is 2.47 bits per heavy atom. The van der Waals surface area contributed by atoms with Gasteiger partial charge >= 0.3 is 0 Å². The largest absolute Gasteiger partial charge is 0.365 e. The Hall–Kier alpha value is -3.23. The number of halogens is 1. The van der Waals surface area contributed by atoms with Gasteiger partial charge in [0.1, 0.15) is 6.10 Å². The van der Waals surface area contributed by atoms with Gasteiger partial charge < -0.3 is 15.0 Å². The number of piperidine rings is 1. The molecule has 9 heteroatoms. The van der Waals surface area contributed by atoms with Gasteiger partial charge in [0, 0.05) is 29.7 Å². The van der Waals surface area contributed by atoms with E-state index in [0.717, 1.165) is 5.56 Å². The van der Waals surface area contributed by atoms with Crippen molar-refractivity contribution in [1.82, 2.24) is 19.9 Å². The normalized spacial score (nSPS) is 18.4. The summed E-state index contributed by atoms with van der Waals surface area (Å²) < 4.78 is 7.82. The third kappa shape index (κ3) is 4.69. The fourth-order valence-corrected chi connectivity index (χ4v) is 4.56. The van der Waals surface area contributed by atoms with Crippen LogP contribution in [0.15, 0.2) is 48.5 Å². The van der Waals surface area contributed by atoms with Crippen molar-refractivity contribution in [1.29, 1.82) is 0 Å². The molecule has 34 heavy (non-hydrogen) atoms. The lowest BCUT2D eigenvalue weighted by molar-refractivity contribution is -0.121. The molecule has 2 amide bonds. The van der Waals surface area contributed by atoms with Crippen LogP contribution in [0.2, 0.25) is 5.02 Å². The van der Waals surface area contributed by atoms with E-state index in [0.29, 0.717) is 54.6 Å². The fourth-order valence-electron chi connectivity index (χ4n) is 4.43. The summed E-state index contributed by atoms with van der Waals surface area (Å²) in [7, 11) is 0. The highest BCUT2D eigenvalue weighted by molar-refractivity contribution is 6.30. The van der Waals surface area contributed by atoms with E-state index >= 15 is 0 Å². The summed E-state index contributed by atoms with van der Waals surface area (Å²) in [5.74, 6) is -0.339. The summed E-state index contributed by atoms with van der Waals surface area (Å²) in [6.45, 7) is 3.85. The third-order valence-corrected chi connectivity index (χ3v) is 6.77. The molecule has 0 spiro atoms. The zero-order chi connectivity index (χ0) is 23.7. The van der Waals surface area contributed by atoms with Gasteiger partial charge in [-0.15, -0.1) is 5.10 Å². The number of hydrogen-bond donors (Lipinski definition) is 1. The second kappa shape index (κ2) is 9.56. The Morgan fingerprint density at radius 1 is 1.06 bits per heavy atom. The predicted molar refractivity (Wildman–Crippen MR) is 127 cm³/mol. The van der Waals surface area contributed by atoms with Crippen molar-refractivity contribution in [2.45, 2.75) is 39.0 Å².